The summed E-state index contributed by atoms with van der Waals surface area (Å²) >= 11 is 5.91. The standard InChI is InChI=1S/C16H22ClN/c1-12-10-13(11-17)7-8-15(12)18-9-3-5-14-4-2-6-16(14)18/h7-8,10,14,16H,2-6,9,11H2,1H3. The molecule has 98 valence electrons. The van der Waals surface area contributed by atoms with Gasteiger partial charge in [0, 0.05) is 24.2 Å². The first-order valence-electron chi connectivity index (χ1n) is 7.21. The van der Waals surface area contributed by atoms with E-state index in [0.717, 1.165) is 12.0 Å². The van der Waals surface area contributed by atoms with Crippen LogP contribution in [0.4, 0.5) is 5.69 Å². The summed E-state index contributed by atoms with van der Waals surface area (Å²) in [6.07, 6.45) is 7.06. The number of aryl methyl sites for hydroxylation is 1. The number of piperidine rings is 1. The molecular weight excluding hydrogens is 242 g/mol. The Kier molecular flexibility index (Phi) is 3.52. The smallest absolute Gasteiger partial charge is 0.0474 e. The molecule has 0 bridgehead atoms. The maximum absolute atomic E-state index is 5.91. The molecule has 0 N–H and O–H groups in total. The Morgan fingerprint density at radius 1 is 1.22 bits per heavy atom. The lowest BCUT2D eigenvalue weighted by Crippen LogP contribution is -2.42. The van der Waals surface area contributed by atoms with Gasteiger partial charge in [-0.2, -0.15) is 0 Å². The molecule has 0 spiro atoms. The second-order valence-corrected chi connectivity index (χ2v) is 6.12. The fourth-order valence-corrected chi connectivity index (χ4v) is 4.04. The summed E-state index contributed by atoms with van der Waals surface area (Å²) in [6.45, 7) is 3.46. The fraction of sp³-hybridized carbons (Fsp3) is 0.625. The van der Waals surface area contributed by atoms with E-state index in [2.05, 4.69) is 30.0 Å². The summed E-state index contributed by atoms with van der Waals surface area (Å²) in [4.78, 5) is 2.68. The summed E-state index contributed by atoms with van der Waals surface area (Å²) in [6, 6.07) is 7.53. The van der Waals surface area contributed by atoms with Crippen molar-refractivity contribution < 1.29 is 0 Å². The number of rotatable bonds is 2. The van der Waals surface area contributed by atoms with Gasteiger partial charge >= 0.3 is 0 Å². The van der Waals surface area contributed by atoms with Crippen molar-refractivity contribution in [1.82, 2.24) is 0 Å². The summed E-state index contributed by atoms with van der Waals surface area (Å²) in [5.74, 6) is 1.57. The van der Waals surface area contributed by atoms with E-state index in [1.807, 2.05) is 0 Å². The maximum Gasteiger partial charge on any atom is 0.0474 e. The first-order chi connectivity index (χ1) is 8.79. The summed E-state index contributed by atoms with van der Waals surface area (Å²) in [7, 11) is 0. The molecule has 2 heteroatoms. The van der Waals surface area contributed by atoms with Gasteiger partial charge in [-0.25, -0.2) is 0 Å². The molecule has 1 heterocycles. The van der Waals surface area contributed by atoms with Gasteiger partial charge < -0.3 is 4.90 Å². The Bertz CT molecular complexity index is 429. The number of alkyl halides is 1. The molecule has 2 aliphatic rings. The van der Waals surface area contributed by atoms with Gasteiger partial charge in [0.2, 0.25) is 0 Å². The normalized spacial score (nSPS) is 27.3. The van der Waals surface area contributed by atoms with Gasteiger partial charge in [0.05, 0.1) is 0 Å². The van der Waals surface area contributed by atoms with Crippen LogP contribution in [0.2, 0.25) is 0 Å². The summed E-state index contributed by atoms with van der Waals surface area (Å²) in [5, 5.41) is 0. The third-order valence-electron chi connectivity index (χ3n) is 4.72. The van der Waals surface area contributed by atoms with Crippen molar-refractivity contribution in [1.29, 1.82) is 0 Å². The lowest BCUT2D eigenvalue weighted by molar-refractivity contribution is 0.362. The van der Waals surface area contributed by atoms with E-state index in [0.29, 0.717) is 5.88 Å². The summed E-state index contributed by atoms with van der Waals surface area (Å²) in [5.41, 5.74) is 4.07. The molecule has 2 fully saturated rings. The van der Waals surface area contributed by atoms with Gasteiger partial charge in [-0.05, 0) is 55.7 Å². The molecule has 2 atom stereocenters. The van der Waals surface area contributed by atoms with Crippen molar-refractivity contribution in [3.63, 3.8) is 0 Å². The minimum Gasteiger partial charge on any atom is -0.368 e. The lowest BCUT2D eigenvalue weighted by Gasteiger charge is -2.40. The number of fused-ring (bicyclic) bond motifs is 1. The molecule has 1 nitrogen and oxygen atoms in total. The third kappa shape index (κ3) is 2.14. The lowest BCUT2D eigenvalue weighted by atomic mass is 9.91. The number of benzene rings is 1. The van der Waals surface area contributed by atoms with E-state index in [4.69, 9.17) is 11.6 Å². The van der Waals surface area contributed by atoms with Crippen molar-refractivity contribution in [2.45, 2.75) is 50.9 Å². The van der Waals surface area contributed by atoms with Crippen LogP contribution in [0.1, 0.15) is 43.2 Å². The second kappa shape index (κ2) is 5.13. The van der Waals surface area contributed by atoms with Crippen LogP contribution in [0.15, 0.2) is 18.2 Å². The van der Waals surface area contributed by atoms with Crippen molar-refractivity contribution in [3.05, 3.63) is 29.3 Å². The van der Waals surface area contributed by atoms with Crippen LogP contribution in [0, 0.1) is 12.8 Å². The third-order valence-corrected chi connectivity index (χ3v) is 5.03. The van der Waals surface area contributed by atoms with Gasteiger partial charge in [-0.3, -0.25) is 0 Å². The van der Waals surface area contributed by atoms with Crippen LogP contribution >= 0.6 is 11.6 Å². The highest BCUT2D eigenvalue weighted by Gasteiger charge is 2.35. The first-order valence-corrected chi connectivity index (χ1v) is 7.75. The van der Waals surface area contributed by atoms with Crippen molar-refractivity contribution in [2.24, 2.45) is 5.92 Å². The van der Waals surface area contributed by atoms with Crippen LogP contribution in [0.5, 0.6) is 0 Å². The molecule has 1 aromatic carbocycles. The number of hydrogen-bond acceptors (Lipinski definition) is 1. The number of halogens is 1. The number of hydrogen-bond donors (Lipinski definition) is 0. The molecule has 1 aromatic rings. The van der Waals surface area contributed by atoms with Crippen LogP contribution in [0.3, 0.4) is 0 Å². The average Bonchev–Trinajstić information content (AvgIpc) is 2.87. The second-order valence-electron chi connectivity index (χ2n) is 5.85. The van der Waals surface area contributed by atoms with Crippen LogP contribution in [-0.4, -0.2) is 12.6 Å². The molecule has 3 rings (SSSR count). The van der Waals surface area contributed by atoms with Crippen molar-refractivity contribution in [3.8, 4) is 0 Å². The van der Waals surface area contributed by atoms with E-state index in [9.17, 15) is 0 Å². The van der Waals surface area contributed by atoms with Gasteiger partial charge in [0.25, 0.3) is 0 Å². The highest BCUT2D eigenvalue weighted by molar-refractivity contribution is 6.17. The molecule has 1 saturated heterocycles. The Hall–Kier alpha value is -0.690. The Morgan fingerprint density at radius 3 is 2.83 bits per heavy atom. The van der Waals surface area contributed by atoms with E-state index in [1.54, 1.807) is 0 Å². The van der Waals surface area contributed by atoms with E-state index in [1.165, 1.54) is 55.5 Å². The fourth-order valence-electron chi connectivity index (χ4n) is 3.88. The Balaban J connectivity index is 1.89. The monoisotopic (exact) mass is 263 g/mol. The van der Waals surface area contributed by atoms with E-state index < -0.39 is 0 Å². The molecule has 2 unspecified atom stereocenters. The zero-order chi connectivity index (χ0) is 12.5. The predicted molar refractivity (Wildman–Crippen MR) is 78.4 cm³/mol. The van der Waals surface area contributed by atoms with Crippen LogP contribution < -0.4 is 4.90 Å². The number of nitrogens with zero attached hydrogens (tertiary/aromatic N) is 1. The largest absolute Gasteiger partial charge is 0.368 e. The minimum absolute atomic E-state index is 0.618. The van der Waals surface area contributed by atoms with Gasteiger partial charge in [0.15, 0.2) is 0 Å². The van der Waals surface area contributed by atoms with Crippen molar-refractivity contribution >= 4 is 17.3 Å². The predicted octanol–water partition coefficient (Wildman–Crippen LogP) is 4.50. The highest BCUT2D eigenvalue weighted by atomic mass is 35.5. The zero-order valence-corrected chi connectivity index (χ0v) is 11.9. The quantitative estimate of drug-likeness (QED) is 0.710. The molecule has 1 aliphatic carbocycles. The Labute approximate surface area is 115 Å². The Morgan fingerprint density at radius 2 is 2.06 bits per heavy atom. The van der Waals surface area contributed by atoms with E-state index in [-0.39, 0.29) is 0 Å². The molecule has 0 aromatic heterocycles. The van der Waals surface area contributed by atoms with Crippen LogP contribution in [0.25, 0.3) is 0 Å². The van der Waals surface area contributed by atoms with Crippen molar-refractivity contribution in [2.75, 3.05) is 11.4 Å². The van der Waals surface area contributed by atoms with Gasteiger partial charge in [-0.15, -0.1) is 11.6 Å². The van der Waals surface area contributed by atoms with E-state index >= 15 is 0 Å². The maximum atomic E-state index is 5.91. The highest BCUT2D eigenvalue weighted by Crippen LogP contribution is 2.40. The first kappa shape index (κ1) is 12.3. The molecule has 18 heavy (non-hydrogen) atoms. The molecule has 1 saturated carbocycles. The number of anilines is 1. The average molecular weight is 264 g/mol. The minimum atomic E-state index is 0.618. The SMILES string of the molecule is Cc1cc(CCl)ccc1N1CCCC2CCCC21. The zero-order valence-electron chi connectivity index (χ0n) is 11.2. The topological polar surface area (TPSA) is 3.24 Å². The van der Waals surface area contributed by atoms with Gasteiger partial charge in [-0.1, -0.05) is 18.6 Å². The van der Waals surface area contributed by atoms with Gasteiger partial charge in [0.1, 0.15) is 0 Å². The molecule has 0 radical (unpaired) electrons. The van der Waals surface area contributed by atoms with Crippen LogP contribution in [-0.2, 0) is 5.88 Å². The molecular formula is C16H22ClN. The molecule has 1 aliphatic heterocycles. The molecule has 0 amide bonds. The summed E-state index contributed by atoms with van der Waals surface area (Å²) < 4.78 is 0.